The van der Waals surface area contributed by atoms with E-state index in [1.54, 1.807) is 0 Å². The van der Waals surface area contributed by atoms with Crippen LogP contribution in [0.5, 0.6) is 0 Å². The predicted molar refractivity (Wildman–Crippen MR) is 80.8 cm³/mol. The Bertz CT molecular complexity index is 593. The highest BCUT2D eigenvalue weighted by atomic mass is 35.5. The fraction of sp³-hybridized carbons (Fsp3) is 0.400. The average molecular weight is 326 g/mol. The van der Waals surface area contributed by atoms with Crippen LogP contribution in [0.1, 0.15) is 30.3 Å². The van der Waals surface area contributed by atoms with Gasteiger partial charge in [-0.3, -0.25) is 0 Å². The Morgan fingerprint density at radius 1 is 1.24 bits per heavy atom. The molecule has 1 aliphatic rings. The largest absolute Gasteiger partial charge is 0.433 e. The number of aromatic nitrogens is 1. The number of aliphatic hydroxyl groups excluding tert-OH is 1. The number of aliphatic hydroxyl groups is 1. The molecule has 0 aliphatic carbocycles. The van der Waals surface area contributed by atoms with Crippen LogP contribution in [0.25, 0.3) is 0 Å². The maximum Gasteiger partial charge on any atom is 0.199 e. The highest BCUT2D eigenvalue weighted by Gasteiger charge is 2.23. The first-order chi connectivity index (χ1) is 10.3. The minimum absolute atomic E-state index is 0.122. The number of hydrogen-bond acceptors (Lipinski definition) is 5. The second-order valence-corrected chi connectivity index (χ2v) is 6.37. The second kappa shape index (κ2) is 6.83. The Hall–Kier alpha value is -1.01. The number of hydrogen-bond donors (Lipinski definition) is 1. The average Bonchev–Trinajstić information content (AvgIpc) is 2.93. The van der Waals surface area contributed by atoms with Gasteiger partial charge in [-0.05, 0) is 48.9 Å². The zero-order valence-corrected chi connectivity index (χ0v) is 13.0. The molecular formula is C15H16ClNO3S. The number of nitrogens with zero attached hydrogens (tertiary/aromatic N) is 1. The number of oxazole rings is 1. The third-order valence-electron chi connectivity index (χ3n) is 3.42. The van der Waals surface area contributed by atoms with Gasteiger partial charge in [0.1, 0.15) is 5.69 Å². The first-order valence-corrected chi connectivity index (χ1v) is 8.07. The van der Waals surface area contributed by atoms with Crippen LogP contribution in [0.3, 0.4) is 0 Å². The van der Waals surface area contributed by atoms with Gasteiger partial charge in [0.15, 0.2) is 11.0 Å². The molecule has 1 fully saturated rings. The maximum absolute atomic E-state index is 9.47. The van der Waals surface area contributed by atoms with Crippen molar-refractivity contribution in [2.75, 3.05) is 13.2 Å². The summed E-state index contributed by atoms with van der Waals surface area (Å²) in [5, 5.41) is 10.8. The molecule has 0 bridgehead atoms. The van der Waals surface area contributed by atoms with Crippen molar-refractivity contribution in [3.63, 3.8) is 0 Å². The monoisotopic (exact) mass is 325 g/mol. The zero-order chi connectivity index (χ0) is 14.7. The molecule has 3 rings (SSSR count). The molecule has 0 radical (unpaired) electrons. The Balaban J connectivity index is 1.80. The molecular weight excluding hydrogens is 310 g/mol. The molecule has 1 aliphatic heterocycles. The van der Waals surface area contributed by atoms with Gasteiger partial charge in [0, 0.05) is 29.0 Å². The number of ether oxygens (including phenoxy) is 1. The molecule has 0 atom stereocenters. The van der Waals surface area contributed by atoms with E-state index in [4.69, 9.17) is 20.8 Å². The Kier molecular flexibility index (Phi) is 4.85. The summed E-state index contributed by atoms with van der Waals surface area (Å²) in [7, 11) is 0. The molecule has 0 unspecified atom stereocenters. The Morgan fingerprint density at radius 2 is 1.95 bits per heavy atom. The van der Waals surface area contributed by atoms with Crippen LogP contribution in [-0.4, -0.2) is 23.3 Å². The Morgan fingerprint density at radius 3 is 2.62 bits per heavy atom. The number of benzene rings is 1. The molecule has 2 heterocycles. The van der Waals surface area contributed by atoms with E-state index in [9.17, 15) is 5.11 Å². The quantitative estimate of drug-likeness (QED) is 0.925. The van der Waals surface area contributed by atoms with E-state index in [1.165, 1.54) is 11.8 Å². The molecule has 1 aromatic carbocycles. The molecule has 0 saturated carbocycles. The highest BCUT2D eigenvalue weighted by Crippen LogP contribution is 2.35. The van der Waals surface area contributed by atoms with Crippen molar-refractivity contribution >= 4 is 23.4 Å². The summed E-state index contributed by atoms with van der Waals surface area (Å²) in [6, 6.07) is 7.51. The summed E-state index contributed by atoms with van der Waals surface area (Å²) in [6.45, 7) is 1.35. The van der Waals surface area contributed by atoms with Crippen LogP contribution < -0.4 is 0 Å². The fourth-order valence-electron chi connectivity index (χ4n) is 2.26. The van der Waals surface area contributed by atoms with Gasteiger partial charge in [0.05, 0.1) is 6.61 Å². The summed E-state index contributed by atoms with van der Waals surface area (Å²) < 4.78 is 11.2. The van der Waals surface area contributed by atoms with Crippen LogP contribution in [0.4, 0.5) is 0 Å². The van der Waals surface area contributed by atoms with Crippen LogP contribution in [0.15, 0.2) is 38.7 Å². The van der Waals surface area contributed by atoms with Gasteiger partial charge in [-0.1, -0.05) is 11.6 Å². The van der Waals surface area contributed by atoms with E-state index in [1.807, 2.05) is 24.3 Å². The standard InChI is InChI=1S/C15H16ClNO3S/c16-11-1-3-12(4-2-11)21-15-13(9-18)17-14(20-15)10-5-7-19-8-6-10/h1-4,10,18H,5-9H2. The summed E-state index contributed by atoms with van der Waals surface area (Å²) in [5.41, 5.74) is 0.594. The van der Waals surface area contributed by atoms with Gasteiger partial charge in [-0.25, -0.2) is 4.98 Å². The third-order valence-corrected chi connectivity index (χ3v) is 4.69. The Labute approximate surface area is 132 Å². The molecule has 2 aromatic rings. The van der Waals surface area contributed by atoms with E-state index in [-0.39, 0.29) is 12.5 Å². The minimum atomic E-state index is -0.122. The minimum Gasteiger partial charge on any atom is -0.433 e. The summed E-state index contributed by atoms with van der Waals surface area (Å²) in [4.78, 5) is 5.45. The smallest absolute Gasteiger partial charge is 0.199 e. The fourth-order valence-corrected chi connectivity index (χ4v) is 3.23. The zero-order valence-electron chi connectivity index (χ0n) is 11.4. The normalized spacial score (nSPS) is 16.3. The van der Waals surface area contributed by atoms with Gasteiger partial charge in [0.2, 0.25) is 0 Å². The topological polar surface area (TPSA) is 55.5 Å². The van der Waals surface area contributed by atoms with Gasteiger partial charge < -0.3 is 14.3 Å². The predicted octanol–water partition coefficient (Wildman–Crippen LogP) is 3.87. The van der Waals surface area contributed by atoms with Gasteiger partial charge in [0.25, 0.3) is 0 Å². The summed E-state index contributed by atoms with van der Waals surface area (Å²) >= 11 is 7.34. The van der Waals surface area contributed by atoms with Crippen LogP contribution in [-0.2, 0) is 11.3 Å². The first kappa shape index (κ1) is 14.9. The molecule has 21 heavy (non-hydrogen) atoms. The lowest BCUT2D eigenvalue weighted by atomic mass is 10.0. The number of rotatable bonds is 4. The lowest BCUT2D eigenvalue weighted by Crippen LogP contribution is -2.14. The lowest BCUT2D eigenvalue weighted by molar-refractivity contribution is 0.0786. The number of halogens is 1. The van der Waals surface area contributed by atoms with E-state index >= 15 is 0 Å². The van der Waals surface area contributed by atoms with Crippen LogP contribution >= 0.6 is 23.4 Å². The molecule has 1 N–H and O–H groups in total. The molecule has 0 spiro atoms. The highest BCUT2D eigenvalue weighted by molar-refractivity contribution is 7.99. The molecule has 6 heteroatoms. The van der Waals surface area contributed by atoms with E-state index < -0.39 is 0 Å². The lowest BCUT2D eigenvalue weighted by Gasteiger charge is -2.18. The van der Waals surface area contributed by atoms with Gasteiger partial charge in [-0.15, -0.1) is 0 Å². The van der Waals surface area contributed by atoms with E-state index in [0.29, 0.717) is 21.7 Å². The van der Waals surface area contributed by atoms with Gasteiger partial charge in [-0.2, -0.15) is 0 Å². The summed E-state index contributed by atoms with van der Waals surface area (Å²) in [6.07, 6.45) is 1.83. The van der Waals surface area contributed by atoms with E-state index in [0.717, 1.165) is 31.0 Å². The second-order valence-electron chi connectivity index (χ2n) is 4.89. The third kappa shape index (κ3) is 3.61. The first-order valence-electron chi connectivity index (χ1n) is 6.88. The van der Waals surface area contributed by atoms with Crippen molar-refractivity contribution in [2.45, 2.75) is 35.4 Å². The van der Waals surface area contributed by atoms with Crippen molar-refractivity contribution in [3.8, 4) is 0 Å². The van der Waals surface area contributed by atoms with Crippen molar-refractivity contribution in [1.29, 1.82) is 0 Å². The van der Waals surface area contributed by atoms with Crippen molar-refractivity contribution in [1.82, 2.24) is 4.98 Å². The molecule has 1 saturated heterocycles. The van der Waals surface area contributed by atoms with Gasteiger partial charge >= 0.3 is 0 Å². The molecule has 112 valence electrons. The molecule has 0 amide bonds. The maximum atomic E-state index is 9.47. The van der Waals surface area contributed by atoms with Crippen molar-refractivity contribution < 1.29 is 14.3 Å². The van der Waals surface area contributed by atoms with E-state index in [2.05, 4.69) is 4.98 Å². The van der Waals surface area contributed by atoms with Crippen molar-refractivity contribution in [3.05, 3.63) is 40.9 Å². The van der Waals surface area contributed by atoms with Crippen LogP contribution in [0, 0.1) is 0 Å². The summed E-state index contributed by atoms with van der Waals surface area (Å²) in [5.74, 6) is 0.988. The molecule has 4 nitrogen and oxygen atoms in total. The van der Waals surface area contributed by atoms with Crippen molar-refractivity contribution in [2.24, 2.45) is 0 Å². The SMILES string of the molecule is OCc1nc(C2CCOCC2)oc1Sc1ccc(Cl)cc1. The van der Waals surface area contributed by atoms with Crippen LogP contribution in [0.2, 0.25) is 5.02 Å². The molecule has 1 aromatic heterocycles.